The summed E-state index contributed by atoms with van der Waals surface area (Å²) >= 11 is 1.70. The van der Waals surface area contributed by atoms with E-state index in [1.54, 1.807) is 23.5 Å². The average Bonchev–Trinajstić information content (AvgIpc) is 3.08. The molecule has 110 valence electrons. The maximum atomic E-state index is 10.9. The van der Waals surface area contributed by atoms with E-state index in [9.17, 15) is 4.79 Å². The summed E-state index contributed by atoms with van der Waals surface area (Å²) in [7, 11) is 0. The smallest absolute Gasteiger partial charge is 0.335 e. The van der Waals surface area contributed by atoms with E-state index in [1.807, 2.05) is 19.1 Å². The summed E-state index contributed by atoms with van der Waals surface area (Å²) in [5, 5.41) is 12.2. The van der Waals surface area contributed by atoms with Gasteiger partial charge in [-0.05, 0) is 44.0 Å². The minimum Gasteiger partial charge on any atom is -0.478 e. The SMILES string of the molecule is Cc1nc([C@H]2CCCN2Cc2ccc(C(=O)O)cc2)cs1. The van der Waals surface area contributed by atoms with Crippen molar-refractivity contribution in [2.45, 2.75) is 32.4 Å². The van der Waals surface area contributed by atoms with E-state index in [0.717, 1.165) is 30.1 Å². The highest BCUT2D eigenvalue weighted by molar-refractivity contribution is 7.09. The van der Waals surface area contributed by atoms with Crippen LogP contribution in [0.4, 0.5) is 0 Å². The van der Waals surface area contributed by atoms with Crippen molar-refractivity contribution >= 4 is 17.3 Å². The molecule has 1 N–H and O–H groups in total. The third kappa shape index (κ3) is 3.14. The van der Waals surface area contributed by atoms with Crippen LogP contribution >= 0.6 is 11.3 Å². The number of aromatic nitrogens is 1. The number of nitrogens with zero attached hydrogens (tertiary/aromatic N) is 2. The summed E-state index contributed by atoms with van der Waals surface area (Å²) in [5.74, 6) is -0.876. The van der Waals surface area contributed by atoms with E-state index >= 15 is 0 Å². The van der Waals surface area contributed by atoms with Crippen LogP contribution in [0, 0.1) is 6.92 Å². The lowest BCUT2D eigenvalue weighted by Crippen LogP contribution is -2.23. The van der Waals surface area contributed by atoms with Crippen LogP contribution in [-0.2, 0) is 6.54 Å². The molecule has 1 aliphatic rings. The third-order valence-corrected chi connectivity index (χ3v) is 4.72. The second-order valence-electron chi connectivity index (χ2n) is 5.42. The Kier molecular flexibility index (Phi) is 4.03. The van der Waals surface area contributed by atoms with Gasteiger partial charge in [-0.2, -0.15) is 0 Å². The number of rotatable bonds is 4. The van der Waals surface area contributed by atoms with Crippen molar-refractivity contribution in [2.75, 3.05) is 6.54 Å². The molecule has 1 saturated heterocycles. The number of likely N-dealkylation sites (tertiary alicyclic amines) is 1. The molecular weight excluding hydrogens is 284 g/mol. The second-order valence-corrected chi connectivity index (χ2v) is 6.48. The Labute approximate surface area is 128 Å². The second kappa shape index (κ2) is 5.95. The topological polar surface area (TPSA) is 53.4 Å². The van der Waals surface area contributed by atoms with E-state index in [4.69, 9.17) is 5.11 Å². The molecule has 5 heteroatoms. The maximum absolute atomic E-state index is 10.9. The lowest BCUT2D eigenvalue weighted by molar-refractivity contribution is 0.0697. The fourth-order valence-electron chi connectivity index (χ4n) is 2.87. The number of thiazole rings is 1. The zero-order valence-electron chi connectivity index (χ0n) is 12.0. The molecule has 2 aromatic rings. The van der Waals surface area contributed by atoms with Gasteiger partial charge in [0.2, 0.25) is 0 Å². The Morgan fingerprint density at radius 2 is 2.19 bits per heavy atom. The number of carboxylic acids is 1. The number of aromatic carboxylic acids is 1. The molecular formula is C16H18N2O2S. The van der Waals surface area contributed by atoms with Crippen LogP contribution < -0.4 is 0 Å². The van der Waals surface area contributed by atoms with Crippen molar-refractivity contribution in [3.8, 4) is 0 Å². The highest BCUT2D eigenvalue weighted by atomic mass is 32.1. The van der Waals surface area contributed by atoms with Gasteiger partial charge in [0, 0.05) is 11.9 Å². The Bertz CT molecular complexity index is 636. The first kappa shape index (κ1) is 14.2. The van der Waals surface area contributed by atoms with Crippen molar-refractivity contribution < 1.29 is 9.90 Å². The van der Waals surface area contributed by atoms with Gasteiger partial charge in [0.15, 0.2) is 0 Å². The van der Waals surface area contributed by atoms with Crippen LogP contribution in [0.15, 0.2) is 29.6 Å². The lowest BCUT2D eigenvalue weighted by atomic mass is 10.1. The van der Waals surface area contributed by atoms with Crippen molar-refractivity contribution in [3.05, 3.63) is 51.5 Å². The largest absolute Gasteiger partial charge is 0.478 e. The zero-order chi connectivity index (χ0) is 14.8. The number of aryl methyl sites for hydroxylation is 1. The molecule has 0 bridgehead atoms. The molecule has 0 amide bonds. The molecule has 0 radical (unpaired) electrons. The Balaban J connectivity index is 1.72. The van der Waals surface area contributed by atoms with Crippen LogP contribution in [0.2, 0.25) is 0 Å². The first-order valence-corrected chi connectivity index (χ1v) is 8.00. The first-order chi connectivity index (χ1) is 10.1. The Hall–Kier alpha value is -1.72. The van der Waals surface area contributed by atoms with E-state index in [1.165, 1.54) is 12.1 Å². The molecule has 21 heavy (non-hydrogen) atoms. The van der Waals surface area contributed by atoms with Crippen molar-refractivity contribution in [1.29, 1.82) is 0 Å². The molecule has 1 aliphatic heterocycles. The number of carboxylic acid groups (broad SMARTS) is 1. The molecule has 1 aromatic heterocycles. The monoisotopic (exact) mass is 302 g/mol. The standard InChI is InChI=1S/C16H18N2O2S/c1-11-17-14(10-21-11)15-3-2-8-18(15)9-12-4-6-13(7-5-12)16(19)20/h4-7,10,15H,2-3,8-9H2,1H3,(H,19,20)/t15-/m1/s1. The van der Waals surface area contributed by atoms with Gasteiger partial charge in [0.1, 0.15) is 0 Å². The number of hydrogen-bond acceptors (Lipinski definition) is 4. The molecule has 2 heterocycles. The highest BCUT2D eigenvalue weighted by Gasteiger charge is 2.27. The quantitative estimate of drug-likeness (QED) is 0.939. The van der Waals surface area contributed by atoms with Crippen LogP contribution in [0.25, 0.3) is 0 Å². The molecule has 3 rings (SSSR count). The molecule has 1 fully saturated rings. The van der Waals surface area contributed by atoms with Gasteiger partial charge in [-0.15, -0.1) is 11.3 Å². The van der Waals surface area contributed by atoms with Crippen LogP contribution in [0.5, 0.6) is 0 Å². The van der Waals surface area contributed by atoms with Crippen LogP contribution in [0.3, 0.4) is 0 Å². The summed E-state index contributed by atoms with van der Waals surface area (Å²) in [6, 6.07) is 7.57. The Morgan fingerprint density at radius 1 is 1.43 bits per heavy atom. The first-order valence-electron chi connectivity index (χ1n) is 7.12. The number of benzene rings is 1. The molecule has 0 aliphatic carbocycles. The maximum Gasteiger partial charge on any atom is 0.335 e. The van der Waals surface area contributed by atoms with Crippen LogP contribution in [0.1, 0.15) is 45.5 Å². The lowest BCUT2D eigenvalue weighted by Gasteiger charge is -2.23. The minimum atomic E-state index is -0.876. The summed E-state index contributed by atoms with van der Waals surface area (Å²) < 4.78 is 0. The van der Waals surface area contributed by atoms with E-state index in [2.05, 4.69) is 15.3 Å². The molecule has 0 saturated carbocycles. The van der Waals surface area contributed by atoms with Gasteiger partial charge >= 0.3 is 5.97 Å². The van der Waals surface area contributed by atoms with Gasteiger partial charge in [-0.3, -0.25) is 4.90 Å². The van der Waals surface area contributed by atoms with Crippen molar-refractivity contribution in [3.63, 3.8) is 0 Å². The molecule has 1 aromatic carbocycles. The molecule has 0 unspecified atom stereocenters. The number of carbonyl (C=O) groups is 1. The van der Waals surface area contributed by atoms with E-state index < -0.39 is 5.97 Å². The fourth-order valence-corrected chi connectivity index (χ4v) is 3.53. The fraction of sp³-hybridized carbons (Fsp3) is 0.375. The van der Waals surface area contributed by atoms with Crippen LogP contribution in [-0.4, -0.2) is 27.5 Å². The van der Waals surface area contributed by atoms with Crippen molar-refractivity contribution in [2.24, 2.45) is 0 Å². The number of hydrogen-bond donors (Lipinski definition) is 1. The zero-order valence-corrected chi connectivity index (χ0v) is 12.8. The van der Waals surface area contributed by atoms with Gasteiger partial charge in [0.25, 0.3) is 0 Å². The summed E-state index contributed by atoms with van der Waals surface area (Å²) in [6.45, 7) is 3.96. The van der Waals surface area contributed by atoms with Gasteiger partial charge < -0.3 is 5.11 Å². The predicted octanol–water partition coefficient (Wildman–Crippen LogP) is 3.49. The van der Waals surface area contributed by atoms with Crippen molar-refractivity contribution in [1.82, 2.24) is 9.88 Å². The molecule has 0 spiro atoms. The minimum absolute atomic E-state index is 0.340. The molecule has 4 nitrogen and oxygen atoms in total. The van der Waals surface area contributed by atoms with Gasteiger partial charge in [-0.25, -0.2) is 9.78 Å². The third-order valence-electron chi connectivity index (χ3n) is 3.93. The molecule has 1 atom stereocenters. The van der Waals surface area contributed by atoms with Gasteiger partial charge in [0.05, 0.1) is 22.3 Å². The predicted molar refractivity (Wildman–Crippen MR) is 82.6 cm³/mol. The normalized spacial score (nSPS) is 19.0. The Morgan fingerprint density at radius 3 is 2.81 bits per heavy atom. The summed E-state index contributed by atoms with van der Waals surface area (Å²) in [4.78, 5) is 17.9. The van der Waals surface area contributed by atoms with E-state index in [-0.39, 0.29) is 0 Å². The average molecular weight is 302 g/mol. The van der Waals surface area contributed by atoms with Gasteiger partial charge in [-0.1, -0.05) is 12.1 Å². The summed E-state index contributed by atoms with van der Waals surface area (Å²) in [6.07, 6.45) is 2.34. The summed E-state index contributed by atoms with van der Waals surface area (Å²) in [5.41, 5.74) is 2.67. The van der Waals surface area contributed by atoms with E-state index in [0.29, 0.717) is 11.6 Å². The highest BCUT2D eigenvalue weighted by Crippen LogP contribution is 2.33.